The highest BCUT2D eigenvalue weighted by Gasteiger charge is 2.22. The van der Waals surface area contributed by atoms with Gasteiger partial charge in [-0.3, -0.25) is 4.79 Å². The molecule has 0 unspecified atom stereocenters. The lowest BCUT2D eigenvalue weighted by Crippen LogP contribution is -2.49. The van der Waals surface area contributed by atoms with E-state index in [4.69, 9.17) is 0 Å². The van der Waals surface area contributed by atoms with E-state index in [1.54, 1.807) is 12.1 Å². The van der Waals surface area contributed by atoms with Crippen LogP contribution in [0.1, 0.15) is 18.4 Å². The summed E-state index contributed by atoms with van der Waals surface area (Å²) in [5.41, 5.74) is 2.93. The SMILES string of the molecule is O=C(Cc1ccc(N2CCCC2)cc1)N1CCN(c2ccccc2F)CC1. The molecule has 0 atom stereocenters. The van der Waals surface area contributed by atoms with Crippen LogP contribution < -0.4 is 9.80 Å². The van der Waals surface area contributed by atoms with Crippen molar-refractivity contribution in [2.24, 2.45) is 0 Å². The van der Waals surface area contributed by atoms with Gasteiger partial charge in [-0.2, -0.15) is 0 Å². The third-order valence-corrected chi connectivity index (χ3v) is 5.59. The normalized spacial score (nSPS) is 17.4. The zero-order valence-electron chi connectivity index (χ0n) is 15.6. The third-order valence-electron chi connectivity index (χ3n) is 5.59. The molecular weight excluding hydrogens is 341 g/mol. The predicted molar refractivity (Wildman–Crippen MR) is 107 cm³/mol. The van der Waals surface area contributed by atoms with Gasteiger partial charge in [0.15, 0.2) is 0 Å². The van der Waals surface area contributed by atoms with Crippen molar-refractivity contribution in [3.63, 3.8) is 0 Å². The summed E-state index contributed by atoms with van der Waals surface area (Å²) < 4.78 is 13.9. The van der Waals surface area contributed by atoms with E-state index in [0.29, 0.717) is 38.3 Å². The smallest absolute Gasteiger partial charge is 0.227 e. The molecule has 0 N–H and O–H groups in total. The van der Waals surface area contributed by atoms with Crippen LogP contribution in [0.5, 0.6) is 0 Å². The van der Waals surface area contributed by atoms with Gasteiger partial charge < -0.3 is 14.7 Å². The molecule has 2 fully saturated rings. The Hall–Kier alpha value is -2.56. The summed E-state index contributed by atoms with van der Waals surface area (Å²) in [4.78, 5) is 19.0. The van der Waals surface area contributed by atoms with E-state index in [1.807, 2.05) is 15.9 Å². The molecule has 0 spiro atoms. The summed E-state index contributed by atoms with van der Waals surface area (Å²) in [6.07, 6.45) is 2.96. The number of rotatable bonds is 4. The fraction of sp³-hybridized carbons (Fsp3) is 0.409. The monoisotopic (exact) mass is 367 g/mol. The van der Waals surface area contributed by atoms with Gasteiger partial charge in [-0.05, 0) is 42.7 Å². The number of nitrogens with zero attached hydrogens (tertiary/aromatic N) is 3. The molecule has 2 aromatic carbocycles. The van der Waals surface area contributed by atoms with Crippen molar-refractivity contribution in [2.45, 2.75) is 19.3 Å². The van der Waals surface area contributed by atoms with Crippen LogP contribution >= 0.6 is 0 Å². The number of halogens is 1. The van der Waals surface area contributed by atoms with Crippen LogP contribution in [0.25, 0.3) is 0 Å². The molecule has 0 aliphatic carbocycles. The molecule has 4 nitrogen and oxygen atoms in total. The van der Waals surface area contributed by atoms with Crippen LogP contribution in [0.3, 0.4) is 0 Å². The molecule has 5 heteroatoms. The van der Waals surface area contributed by atoms with E-state index < -0.39 is 0 Å². The molecule has 4 rings (SSSR count). The molecule has 0 saturated carbocycles. The number of anilines is 2. The topological polar surface area (TPSA) is 26.8 Å². The largest absolute Gasteiger partial charge is 0.372 e. The number of para-hydroxylation sites is 1. The Morgan fingerprint density at radius 3 is 2.15 bits per heavy atom. The van der Waals surface area contributed by atoms with Gasteiger partial charge in [0, 0.05) is 45.0 Å². The molecule has 0 aromatic heterocycles. The molecule has 142 valence electrons. The van der Waals surface area contributed by atoms with Crippen molar-refractivity contribution in [2.75, 3.05) is 49.1 Å². The molecular formula is C22H26FN3O. The number of carbonyl (C=O) groups excluding carboxylic acids is 1. The zero-order chi connectivity index (χ0) is 18.6. The average Bonchev–Trinajstić information content (AvgIpc) is 3.24. The fourth-order valence-electron chi connectivity index (χ4n) is 3.99. The van der Waals surface area contributed by atoms with Crippen LogP contribution in [0, 0.1) is 5.82 Å². The van der Waals surface area contributed by atoms with E-state index in [9.17, 15) is 9.18 Å². The highest BCUT2D eigenvalue weighted by molar-refractivity contribution is 5.79. The first-order valence-corrected chi connectivity index (χ1v) is 9.82. The van der Waals surface area contributed by atoms with Crippen LogP contribution in [-0.2, 0) is 11.2 Å². The number of carbonyl (C=O) groups is 1. The Labute approximate surface area is 160 Å². The average molecular weight is 367 g/mol. The Kier molecular flexibility index (Phi) is 5.28. The summed E-state index contributed by atoms with van der Waals surface area (Å²) in [6, 6.07) is 15.2. The number of amides is 1. The minimum atomic E-state index is -0.199. The second-order valence-corrected chi connectivity index (χ2v) is 7.36. The Morgan fingerprint density at radius 1 is 0.815 bits per heavy atom. The maximum Gasteiger partial charge on any atom is 0.227 e. The molecule has 2 aliphatic heterocycles. The van der Waals surface area contributed by atoms with Crippen LogP contribution in [0.4, 0.5) is 15.8 Å². The van der Waals surface area contributed by atoms with Gasteiger partial charge in [-0.1, -0.05) is 24.3 Å². The van der Waals surface area contributed by atoms with Gasteiger partial charge in [0.1, 0.15) is 5.82 Å². The number of hydrogen-bond acceptors (Lipinski definition) is 3. The first-order chi connectivity index (χ1) is 13.2. The molecule has 1 amide bonds. The first-order valence-electron chi connectivity index (χ1n) is 9.82. The lowest BCUT2D eigenvalue weighted by molar-refractivity contribution is -0.130. The summed E-state index contributed by atoms with van der Waals surface area (Å²) in [5, 5.41) is 0. The molecule has 2 heterocycles. The molecule has 2 saturated heterocycles. The lowest BCUT2D eigenvalue weighted by atomic mass is 10.1. The second-order valence-electron chi connectivity index (χ2n) is 7.36. The molecule has 0 bridgehead atoms. The number of hydrogen-bond donors (Lipinski definition) is 0. The van der Waals surface area contributed by atoms with E-state index in [-0.39, 0.29) is 11.7 Å². The maximum atomic E-state index is 13.9. The number of piperazine rings is 1. The van der Waals surface area contributed by atoms with Crippen LogP contribution in [0.2, 0.25) is 0 Å². The standard InChI is InChI=1S/C22H26FN3O/c23-20-5-1-2-6-21(20)25-13-15-26(16-14-25)22(27)17-18-7-9-19(10-8-18)24-11-3-4-12-24/h1-2,5-10H,3-4,11-17H2. The van der Waals surface area contributed by atoms with Crippen molar-refractivity contribution in [3.05, 3.63) is 59.9 Å². The lowest BCUT2D eigenvalue weighted by Gasteiger charge is -2.36. The Morgan fingerprint density at radius 2 is 1.48 bits per heavy atom. The van der Waals surface area contributed by atoms with Gasteiger partial charge in [-0.25, -0.2) is 4.39 Å². The van der Waals surface area contributed by atoms with Crippen molar-refractivity contribution >= 4 is 17.3 Å². The van der Waals surface area contributed by atoms with Crippen molar-refractivity contribution in [1.29, 1.82) is 0 Å². The summed E-state index contributed by atoms with van der Waals surface area (Å²) in [6.45, 7) is 4.87. The van der Waals surface area contributed by atoms with Gasteiger partial charge in [0.2, 0.25) is 5.91 Å². The minimum Gasteiger partial charge on any atom is -0.372 e. The predicted octanol–water partition coefficient (Wildman–Crippen LogP) is 3.32. The molecule has 2 aromatic rings. The molecule has 2 aliphatic rings. The van der Waals surface area contributed by atoms with E-state index in [0.717, 1.165) is 18.7 Å². The van der Waals surface area contributed by atoms with Crippen molar-refractivity contribution in [1.82, 2.24) is 4.90 Å². The second kappa shape index (κ2) is 7.99. The highest BCUT2D eigenvalue weighted by Crippen LogP contribution is 2.22. The summed E-state index contributed by atoms with van der Waals surface area (Å²) in [5.74, 6) is -0.0486. The summed E-state index contributed by atoms with van der Waals surface area (Å²) >= 11 is 0. The third kappa shape index (κ3) is 4.07. The number of benzene rings is 2. The summed E-state index contributed by atoms with van der Waals surface area (Å²) in [7, 11) is 0. The van der Waals surface area contributed by atoms with Gasteiger partial charge in [0.25, 0.3) is 0 Å². The quantitative estimate of drug-likeness (QED) is 0.829. The Bertz CT molecular complexity index is 778. The first kappa shape index (κ1) is 17.8. The minimum absolute atomic E-state index is 0.150. The van der Waals surface area contributed by atoms with E-state index in [2.05, 4.69) is 29.2 Å². The molecule has 27 heavy (non-hydrogen) atoms. The van der Waals surface area contributed by atoms with E-state index >= 15 is 0 Å². The van der Waals surface area contributed by atoms with Gasteiger partial charge in [-0.15, -0.1) is 0 Å². The van der Waals surface area contributed by atoms with Crippen molar-refractivity contribution in [3.8, 4) is 0 Å². The molecule has 0 radical (unpaired) electrons. The van der Waals surface area contributed by atoms with Gasteiger partial charge >= 0.3 is 0 Å². The van der Waals surface area contributed by atoms with Crippen molar-refractivity contribution < 1.29 is 9.18 Å². The van der Waals surface area contributed by atoms with Crippen LogP contribution in [-0.4, -0.2) is 50.1 Å². The zero-order valence-corrected chi connectivity index (χ0v) is 15.6. The van der Waals surface area contributed by atoms with Crippen LogP contribution in [0.15, 0.2) is 48.5 Å². The van der Waals surface area contributed by atoms with E-state index in [1.165, 1.54) is 24.6 Å². The van der Waals surface area contributed by atoms with Gasteiger partial charge in [0.05, 0.1) is 12.1 Å². The Balaban J connectivity index is 1.31. The maximum absolute atomic E-state index is 13.9. The fourth-order valence-corrected chi connectivity index (χ4v) is 3.99. The highest BCUT2D eigenvalue weighted by atomic mass is 19.1.